The maximum absolute atomic E-state index is 13.5. The summed E-state index contributed by atoms with van der Waals surface area (Å²) in [6, 6.07) is 15.5. The van der Waals surface area contributed by atoms with Crippen LogP contribution < -0.4 is 25.8 Å². The summed E-state index contributed by atoms with van der Waals surface area (Å²) >= 11 is 0. The molecule has 60 heavy (non-hydrogen) atoms. The summed E-state index contributed by atoms with van der Waals surface area (Å²) in [6.07, 6.45) is 8.95. The molecule has 0 saturated carbocycles. The van der Waals surface area contributed by atoms with Gasteiger partial charge in [-0.1, -0.05) is 31.9 Å². The second-order valence-corrected chi connectivity index (χ2v) is 15.5. The predicted octanol–water partition coefficient (Wildman–Crippen LogP) is 4.93. The average molecular weight is 814 g/mol. The van der Waals surface area contributed by atoms with Crippen molar-refractivity contribution in [3.8, 4) is 11.6 Å². The zero-order valence-corrected chi connectivity index (χ0v) is 33.6. The standard InChI is InChI=1S/C44H47N9O7/c1-4-22-51-40(56)33-26-45-43(49-38(33)53(51)35-18-10-27-20-21-44(59,5-2)37(27)47-35)46-28-11-13-29(14-12-28)50(3)23-8-6-7-9-24-60-30-15-16-31-32(25-30)42(58)52(41(31)57)34-17-19-36(54)48-39(34)55/h4,10-16,18,25-26,34,59H,1,5-9,17,19-24H2,2-3H3,(H,45,46,49)(H,48,54,55)/t34?,44-/m1/s1. The van der Waals surface area contributed by atoms with Gasteiger partial charge < -0.3 is 20.1 Å². The van der Waals surface area contributed by atoms with Crippen LogP contribution >= 0.6 is 0 Å². The molecular weight excluding hydrogens is 767 g/mol. The Morgan fingerprint density at radius 1 is 0.983 bits per heavy atom. The summed E-state index contributed by atoms with van der Waals surface area (Å²) in [5.41, 5.74) is 3.01. The average Bonchev–Trinajstić information content (AvgIpc) is 3.82. The molecule has 2 aromatic carbocycles. The number of fused-ring (bicyclic) bond motifs is 3. The molecule has 1 fully saturated rings. The Balaban J connectivity index is 0.826. The third-order valence-corrected chi connectivity index (χ3v) is 11.6. The minimum atomic E-state index is -1.01. The van der Waals surface area contributed by atoms with Crippen molar-refractivity contribution in [1.82, 2.24) is 34.5 Å². The van der Waals surface area contributed by atoms with Crippen molar-refractivity contribution in [2.75, 3.05) is 30.4 Å². The number of amides is 4. The van der Waals surface area contributed by atoms with E-state index in [0.717, 1.165) is 60.5 Å². The van der Waals surface area contributed by atoms with E-state index in [9.17, 15) is 29.1 Å². The second kappa shape index (κ2) is 16.5. The number of nitrogens with one attached hydrogen (secondary N) is 2. The molecule has 1 aliphatic carbocycles. The Hall–Kier alpha value is -6.68. The number of benzene rings is 2. The Morgan fingerprint density at radius 3 is 2.53 bits per heavy atom. The fourth-order valence-corrected chi connectivity index (χ4v) is 8.20. The molecule has 0 spiro atoms. The van der Waals surface area contributed by atoms with Gasteiger partial charge in [-0.15, -0.1) is 6.58 Å². The molecule has 0 bridgehead atoms. The molecule has 1 unspecified atom stereocenters. The first kappa shape index (κ1) is 40.1. The van der Waals surface area contributed by atoms with Crippen LogP contribution in [0.15, 0.2) is 78.2 Å². The third kappa shape index (κ3) is 7.54. The number of carbonyl (C=O) groups is 4. The molecule has 16 nitrogen and oxygen atoms in total. The first-order valence-electron chi connectivity index (χ1n) is 20.4. The van der Waals surface area contributed by atoms with Gasteiger partial charge in [-0.2, -0.15) is 4.98 Å². The molecule has 2 atom stereocenters. The lowest BCUT2D eigenvalue weighted by Gasteiger charge is -2.27. The van der Waals surface area contributed by atoms with Gasteiger partial charge >= 0.3 is 0 Å². The zero-order chi connectivity index (χ0) is 42.1. The number of carbonyl (C=O) groups excluding carboxylic acids is 4. The van der Waals surface area contributed by atoms with E-state index in [-0.39, 0.29) is 36.1 Å². The quantitative estimate of drug-likeness (QED) is 0.0693. The number of nitrogens with zero attached hydrogens (tertiary/aromatic N) is 7. The zero-order valence-electron chi connectivity index (χ0n) is 33.6. The molecule has 4 amide bonds. The van der Waals surface area contributed by atoms with Gasteiger partial charge in [-0.25, -0.2) is 19.3 Å². The number of allylic oxidation sites excluding steroid dienone is 1. The van der Waals surface area contributed by atoms with E-state index < -0.39 is 35.3 Å². The number of aromatic nitrogens is 5. The van der Waals surface area contributed by atoms with Gasteiger partial charge in [0.15, 0.2) is 11.5 Å². The van der Waals surface area contributed by atoms with Gasteiger partial charge in [-0.05, 0) is 92.6 Å². The van der Waals surface area contributed by atoms with Crippen molar-refractivity contribution in [1.29, 1.82) is 0 Å². The highest BCUT2D eigenvalue weighted by Crippen LogP contribution is 2.38. The van der Waals surface area contributed by atoms with Crippen LogP contribution in [0.25, 0.3) is 16.9 Å². The van der Waals surface area contributed by atoms with Crippen molar-refractivity contribution in [3.05, 3.63) is 106 Å². The van der Waals surface area contributed by atoms with Gasteiger partial charge in [0.25, 0.3) is 17.4 Å². The fraction of sp³-hybridized carbons (Fsp3) is 0.364. The molecule has 8 rings (SSSR count). The third-order valence-electron chi connectivity index (χ3n) is 11.6. The Bertz CT molecular complexity index is 2580. The van der Waals surface area contributed by atoms with Crippen LogP contribution in [0.5, 0.6) is 5.75 Å². The number of pyridine rings is 1. The number of imide groups is 2. The summed E-state index contributed by atoms with van der Waals surface area (Å²) < 4.78 is 9.11. The highest BCUT2D eigenvalue weighted by atomic mass is 16.5. The molecule has 3 N–H and O–H groups in total. The Kier molecular flexibility index (Phi) is 11.0. The van der Waals surface area contributed by atoms with Crippen molar-refractivity contribution in [3.63, 3.8) is 0 Å². The van der Waals surface area contributed by atoms with Crippen LogP contribution in [0.2, 0.25) is 0 Å². The topological polar surface area (TPSA) is 194 Å². The van der Waals surface area contributed by atoms with Crippen molar-refractivity contribution < 1.29 is 29.0 Å². The lowest BCUT2D eigenvalue weighted by Crippen LogP contribution is -2.54. The first-order chi connectivity index (χ1) is 29.0. The highest BCUT2D eigenvalue weighted by molar-refractivity contribution is 6.23. The second-order valence-electron chi connectivity index (χ2n) is 15.5. The molecular formula is C44H47N9O7. The summed E-state index contributed by atoms with van der Waals surface area (Å²) in [5, 5.41) is 17.1. The van der Waals surface area contributed by atoms with Crippen molar-refractivity contribution >= 4 is 52.0 Å². The van der Waals surface area contributed by atoms with E-state index in [4.69, 9.17) is 14.7 Å². The van der Waals surface area contributed by atoms with Gasteiger partial charge in [0.05, 0.1) is 30.0 Å². The number of piperidine rings is 1. The molecule has 0 radical (unpaired) electrons. The van der Waals surface area contributed by atoms with Crippen LogP contribution in [0.1, 0.15) is 90.3 Å². The number of ether oxygens (including phenoxy) is 1. The summed E-state index contributed by atoms with van der Waals surface area (Å²) in [5.74, 6) is -0.873. The van der Waals surface area contributed by atoms with E-state index in [0.29, 0.717) is 53.7 Å². The monoisotopic (exact) mass is 813 g/mol. The summed E-state index contributed by atoms with van der Waals surface area (Å²) in [4.78, 5) is 80.6. The van der Waals surface area contributed by atoms with Crippen LogP contribution in [-0.4, -0.2) is 84.2 Å². The number of hydrogen-bond donors (Lipinski definition) is 3. The lowest BCUT2D eigenvalue weighted by molar-refractivity contribution is -0.136. The largest absolute Gasteiger partial charge is 0.494 e. The van der Waals surface area contributed by atoms with Gasteiger partial charge in [0, 0.05) is 37.6 Å². The van der Waals surface area contributed by atoms with E-state index in [1.54, 1.807) is 29.0 Å². The minimum Gasteiger partial charge on any atom is -0.494 e. The fourth-order valence-electron chi connectivity index (χ4n) is 8.20. The van der Waals surface area contributed by atoms with Gasteiger partial charge in [0.2, 0.25) is 17.8 Å². The van der Waals surface area contributed by atoms with Gasteiger partial charge in [-0.3, -0.25) is 34.2 Å². The van der Waals surface area contributed by atoms with Crippen LogP contribution in [0.3, 0.4) is 0 Å². The first-order valence-corrected chi connectivity index (χ1v) is 20.4. The minimum absolute atomic E-state index is 0.0680. The van der Waals surface area contributed by atoms with Gasteiger partial charge in [0.1, 0.15) is 22.8 Å². The van der Waals surface area contributed by atoms with E-state index >= 15 is 0 Å². The van der Waals surface area contributed by atoms with Crippen LogP contribution in [0, 0.1) is 0 Å². The number of unbranched alkanes of at least 4 members (excludes halogenated alkanes) is 3. The number of rotatable bonds is 16. The molecule has 3 aromatic heterocycles. The maximum Gasteiger partial charge on any atom is 0.278 e. The molecule has 16 heteroatoms. The smallest absolute Gasteiger partial charge is 0.278 e. The van der Waals surface area contributed by atoms with E-state index in [1.807, 2.05) is 50.4 Å². The highest BCUT2D eigenvalue weighted by Gasteiger charge is 2.45. The maximum atomic E-state index is 13.5. The number of aryl methyl sites for hydroxylation is 1. The number of aliphatic hydroxyl groups is 1. The Labute approximate surface area is 345 Å². The molecule has 3 aliphatic rings. The van der Waals surface area contributed by atoms with E-state index in [2.05, 4.69) is 27.1 Å². The number of hydrogen-bond acceptors (Lipinski definition) is 12. The van der Waals surface area contributed by atoms with Crippen molar-refractivity contribution in [2.45, 2.75) is 82.9 Å². The molecule has 310 valence electrons. The Morgan fingerprint density at radius 2 is 1.77 bits per heavy atom. The van der Waals surface area contributed by atoms with Crippen LogP contribution in [-0.2, 0) is 28.2 Å². The molecule has 5 aromatic rings. The van der Waals surface area contributed by atoms with Crippen LogP contribution in [0.4, 0.5) is 17.3 Å². The SMILES string of the molecule is C=CCn1c(=O)c2cnc(Nc3ccc(N(C)CCCCCCOc4ccc5c(c4)C(=O)N(C4CCC(=O)NC4=O)C5=O)cc3)nc2n1-c1ccc2c(n1)[C@@](O)(CC)CC2. The van der Waals surface area contributed by atoms with E-state index in [1.165, 1.54) is 10.9 Å². The molecule has 5 heterocycles. The lowest BCUT2D eigenvalue weighted by atomic mass is 9.98. The summed E-state index contributed by atoms with van der Waals surface area (Å²) in [7, 11) is 2.05. The normalized spacial score (nSPS) is 18.4. The number of anilines is 3. The predicted molar refractivity (Wildman–Crippen MR) is 224 cm³/mol. The molecule has 1 saturated heterocycles. The van der Waals surface area contributed by atoms with Crippen molar-refractivity contribution in [2.24, 2.45) is 0 Å². The summed E-state index contributed by atoms with van der Waals surface area (Å²) in [6.45, 7) is 7.32. The molecule has 2 aliphatic heterocycles.